The molecule has 4 aromatic rings. The third kappa shape index (κ3) is 5.05. The van der Waals surface area contributed by atoms with Crippen molar-refractivity contribution in [3.8, 4) is 0 Å². The number of hydrogen-bond donors (Lipinski definition) is 6. The number of hydrogen-bond acceptors (Lipinski definition) is 16. The van der Waals surface area contributed by atoms with E-state index in [2.05, 4.69) is 29.9 Å². The number of rotatable bonds is 2. The maximum Gasteiger partial charge on any atom is 0.472 e. The van der Waals surface area contributed by atoms with Crippen molar-refractivity contribution in [3.05, 3.63) is 35.7 Å². The number of phosphoric ester groups is 1. The van der Waals surface area contributed by atoms with E-state index in [1.54, 1.807) is 0 Å². The standard InChI is InChI=1S/C21H25N9O12P2/c22-16-10-17(24-3-23-16)30(6-27-10)20-13(32)15-21(40-20)38-7-43(34,35)41-14-9(1-8(12(14)31)2-39-44(36,37)42-15)29-5-28-11-18(29)25-4-26-19(11)33/h3-6,8-9,12-15,20-21,31-32H,1-2,7H2,(H,34,35)(H,36,37)(H2,22,23,24)(H,25,26,33)/t8-,9-,12-,13-,14+,15+,20-,21+/m1/s1. The van der Waals surface area contributed by atoms with Crippen molar-refractivity contribution >= 4 is 43.6 Å². The van der Waals surface area contributed by atoms with Crippen LogP contribution in [0.25, 0.3) is 22.3 Å². The van der Waals surface area contributed by atoms with Crippen molar-refractivity contribution in [3.63, 3.8) is 0 Å². The summed E-state index contributed by atoms with van der Waals surface area (Å²) < 4.78 is 56.3. The summed E-state index contributed by atoms with van der Waals surface area (Å²) in [6.45, 7) is -0.567. The summed E-state index contributed by atoms with van der Waals surface area (Å²) in [5.41, 5.74) is 5.74. The van der Waals surface area contributed by atoms with Crippen molar-refractivity contribution in [2.24, 2.45) is 5.92 Å². The largest absolute Gasteiger partial charge is 0.472 e. The zero-order valence-corrected chi connectivity index (χ0v) is 24.0. The van der Waals surface area contributed by atoms with Gasteiger partial charge in [0.25, 0.3) is 5.56 Å². The van der Waals surface area contributed by atoms with Crippen LogP contribution in [0.4, 0.5) is 5.82 Å². The van der Waals surface area contributed by atoms with Gasteiger partial charge in [0, 0.05) is 5.92 Å². The van der Waals surface area contributed by atoms with Gasteiger partial charge in [-0.15, -0.1) is 0 Å². The number of H-pyrrole nitrogens is 1. The fourth-order valence-electron chi connectivity index (χ4n) is 5.67. The predicted molar refractivity (Wildman–Crippen MR) is 142 cm³/mol. The average Bonchev–Trinajstić information content (AvgIpc) is 3.73. The highest BCUT2D eigenvalue weighted by Crippen LogP contribution is 2.54. The summed E-state index contributed by atoms with van der Waals surface area (Å²) in [7, 11) is -9.71. The molecule has 1 aliphatic carbocycles. The number of aliphatic hydroxyl groups is 2. The van der Waals surface area contributed by atoms with Crippen molar-refractivity contribution in [2.45, 2.75) is 49.4 Å². The minimum atomic E-state index is -4.99. The molecular weight excluding hydrogens is 632 g/mol. The first-order valence-corrected chi connectivity index (χ1v) is 16.3. The number of nitrogens with one attached hydrogen (secondary N) is 1. The van der Waals surface area contributed by atoms with Gasteiger partial charge >= 0.3 is 15.4 Å². The molecule has 4 aromatic heterocycles. The molecule has 21 nitrogen and oxygen atoms in total. The Balaban J connectivity index is 1.20. The van der Waals surface area contributed by atoms with Crippen LogP contribution in [0.2, 0.25) is 0 Å². The van der Waals surface area contributed by atoms with E-state index < -0.39 is 82.8 Å². The number of anilines is 1. The highest BCUT2D eigenvalue weighted by molar-refractivity contribution is 7.52. The van der Waals surface area contributed by atoms with E-state index in [0.717, 1.165) is 12.7 Å². The summed E-state index contributed by atoms with van der Waals surface area (Å²) >= 11 is 0. The Labute approximate surface area is 244 Å². The van der Waals surface area contributed by atoms with Crippen molar-refractivity contribution < 1.29 is 52.2 Å². The number of nitrogens with zero attached hydrogens (tertiary/aromatic N) is 7. The van der Waals surface area contributed by atoms with E-state index in [0.29, 0.717) is 0 Å². The van der Waals surface area contributed by atoms with E-state index in [1.165, 1.54) is 21.8 Å². The normalized spacial score (nSPS) is 38.3. The molecule has 0 spiro atoms. The monoisotopic (exact) mass is 657 g/mol. The summed E-state index contributed by atoms with van der Waals surface area (Å²) in [6.07, 6.45) is -5.64. The minimum absolute atomic E-state index is 0.00874. The van der Waals surface area contributed by atoms with E-state index in [9.17, 15) is 33.9 Å². The van der Waals surface area contributed by atoms with Crippen LogP contribution >= 0.6 is 15.4 Å². The number of aromatic amines is 1. The SMILES string of the molecule is Nc1ncnc2c1ncn2[C@@H]1O[C@@H]2OCP(=O)(O)O[C@@H]3[C@H](O)[C@@H](COP(=O)(O)O[C@H]2[C@H]1O)C[C@H]3n1cnc2c(=O)[nH]cnc21. The first kappa shape index (κ1) is 29.5. The molecule has 0 aromatic carbocycles. The molecule has 2 unspecified atom stereocenters. The lowest BCUT2D eigenvalue weighted by atomic mass is 10.1. The number of fused-ring (bicyclic) bond motifs is 5. The van der Waals surface area contributed by atoms with E-state index in [1.807, 2.05) is 0 Å². The third-order valence-corrected chi connectivity index (χ3v) is 9.73. The van der Waals surface area contributed by atoms with Crippen LogP contribution in [0.3, 0.4) is 0 Å². The van der Waals surface area contributed by atoms with Crippen LogP contribution in [0.5, 0.6) is 0 Å². The van der Waals surface area contributed by atoms with Gasteiger partial charge in [-0.3, -0.25) is 27.5 Å². The number of ether oxygens (including phenoxy) is 2. The molecule has 3 fully saturated rings. The highest BCUT2D eigenvalue weighted by atomic mass is 31.2. The number of phosphoric acid groups is 1. The van der Waals surface area contributed by atoms with Gasteiger partial charge in [0.2, 0.25) is 0 Å². The third-order valence-electron chi connectivity index (χ3n) is 7.69. The molecule has 7 rings (SSSR count). The molecule has 1 saturated carbocycles. The maximum atomic E-state index is 13.3. The van der Waals surface area contributed by atoms with E-state index in [-0.39, 0.29) is 34.6 Å². The second kappa shape index (κ2) is 10.7. The lowest BCUT2D eigenvalue weighted by Crippen LogP contribution is -2.35. The number of aliphatic hydroxyl groups excluding tert-OH is 2. The van der Waals surface area contributed by atoms with Gasteiger partial charge in [0.1, 0.15) is 24.1 Å². The van der Waals surface area contributed by atoms with Gasteiger partial charge in [-0.25, -0.2) is 29.5 Å². The van der Waals surface area contributed by atoms with E-state index in [4.69, 9.17) is 28.8 Å². The number of nitrogens with two attached hydrogens (primary N) is 1. The fraction of sp³-hybridized carbons (Fsp3) is 0.524. The van der Waals surface area contributed by atoms with Crippen LogP contribution in [-0.2, 0) is 32.2 Å². The summed E-state index contributed by atoms with van der Waals surface area (Å²) in [4.78, 5) is 56.2. The van der Waals surface area contributed by atoms with Crippen molar-refractivity contribution in [1.29, 1.82) is 0 Å². The Hall–Kier alpha value is -3.20. The summed E-state index contributed by atoms with van der Waals surface area (Å²) in [5, 5.41) is 22.2. The smallest absolute Gasteiger partial charge is 0.390 e. The Bertz CT molecular complexity index is 1880. The van der Waals surface area contributed by atoms with Crippen molar-refractivity contribution in [2.75, 3.05) is 18.7 Å². The molecule has 23 heteroatoms. The number of aromatic nitrogens is 8. The molecule has 6 heterocycles. The molecule has 236 valence electrons. The number of imidazole rings is 2. The Morgan fingerprint density at radius 1 is 0.955 bits per heavy atom. The molecule has 3 aliphatic rings. The van der Waals surface area contributed by atoms with Gasteiger partial charge in [-0.05, 0) is 6.42 Å². The van der Waals surface area contributed by atoms with E-state index >= 15 is 0 Å². The Kier molecular flexibility index (Phi) is 7.18. The molecule has 2 aliphatic heterocycles. The number of nitrogen functional groups attached to an aromatic ring is 1. The lowest BCUT2D eigenvalue weighted by molar-refractivity contribution is -0.166. The van der Waals surface area contributed by atoms with Crippen molar-refractivity contribution in [1.82, 2.24) is 39.0 Å². The van der Waals surface area contributed by atoms with Crippen LogP contribution < -0.4 is 11.3 Å². The quantitative estimate of drug-likeness (QED) is 0.137. The molecule has 0 radical (unpaired) electrons. The fourth-order valence-corrected chi connectivity index (χ4v) is 7.68. The molecule has 2 bridgehead atoms. The van der Waals surface area contributed by atoms with Gasteiger partial charge in [-0.2, -0.15) is 0 Å². The summed E-state index contributed by atoms with van der Waals surface area (Å²) in [5.74, 6) is -0.879. The minimum Gasteiger partial charge on any atom is -0.390 e. The Morgan fingerprint density at radius 2 is 1.70 bits per heavy atom. The molecule has 0 amide bonds. The van der Waals surface area contributed by atoms with Crippen LogP contribution in [0.15, 0.2) is 30.1 Å². The molecule has 2 saturated heterocycles. The van der Waals surface area contributed by atoms with Crippen LogP contribution in [0, 0.1) is 5.92 Å². The zero-order chi connectivity index (χ0) is 31.0. The maximum absolute atomic E-state index is 13.3. The van der Waals surface area contributed by atoms with Gasteiger partial charge in [-0.1, -0.05) is 0 Å². The average molecular weight is 657 g/mol. The van der Waals surface area contributed by atoms with Gasteiger partial charge in [0.15, 0.2) is 47.6 Å². The second-order valence-electron chi connectivity index (χ2n) is 10.4. The zero-order valence-electron chi connectivity index (χ0n) is 22.2. The molecular formula is C21H25N9O12P2. The first-order valence-electron chi connectivity index (χ1n) is 13.0. The summed E-state index contributed by atoms with van der Waals surface area (Å²) in [6, 6.07) is -0.911. The van der Waals surface area contributed by atoms with Crippen LogP contribution in [-0.4, -0.2) is 103 Å². The Morgan fingerprint density at radius 3 is 2.52 bits per heavy atom. The lowest BCUT2D eigenvalue weighted by Gasteiger charge is -2.27. The molecule has 10 atom stereocenters. The van der Waals surface area contributed by atoms with Gasteiger partial charge < -0.3 is 44.8 Å². The second-order valence-corrected chi connectivity index (χ2v) is 13.6. The molecule has 7 N–H and O–H groups in total. The molecule has 44 heavy (non-hydrogen) atoms. The van der Waals surface area contributed by atoms with Gasteiger partial charge in [0.05, 0.1) is 37.7 Å². The van der Waals surface area contributed by atoms with Crippen LogP contribution in [0.1, 0.15) is 18.7 Å². The first-order chi connectivity index (χ1) is 20.9. The predicted octanol–water partition coefficient (Wildman–Crippen LogP) is -1.26. The highest BCUT2D eigenvalue weighted by Gasteiger charge is 2.53. The topological polar surface area (TPSA) is 294 Å².